The molecule has 2 bridgehead atoms. The normalized spacial score (nSPS) is 28.6. The van der Waals surface area contributed by atoms with Crippen molar-refractivity contribution in [1.29, 1.82) is 0 Å². The Morgan fingerprint density at radius 1 is 1.05 bits per heavy atom. The molecule has 44 heavy (non-hydrogen) atoms. The minimum atomic E-state index is -1.18. The van der Waals surface area contributed by atoms with E-state index in [-0.39, 0.29) is 43.3 Å². The second-order valence-corrected chi connectivity index (χ2v) is 12.8. The molecule has 0 radical (unpaired) electrons. The summed E-state index contributed by atoms with van der Waals surface area (Å²) in [7, 11) is 0. The van der Waals surface area contributed by atoms with Crippen LogP contribution in [0.3, 0.4) is 0 Å². The van der Waals surface area contributed by atoms with Gasteiger partial charge in [0.05, 0.1) is 17.4 Å². The number of rotatable bonds is 12. The number of aliphatic hydroxyl groups excluding tert-OH is 1. The molecule has 3 amide bonds. The molecular formula is C36H45N3O5. The number of hydrogen-bond donors (Lipinski definition) is 1. The SMILES string of the molecule is C=CCN(Cc1ccccc1)C(=O)[C@H]1[C@H]2C(=O)N(CCCO)C(C(=O)N(CC=C)c3c(C)cccc3C)C23CC(C)[C@]1(C)O3. The van der Waals surface area contributed by atoms with Crippen LogP contribution >= 0.6 is 0 Å². The van der Waals surface area contributed by atoms with Crippen LogP contribution in [0.4, 0.5) is 5.69 Å². The fourth-order valence-electron chi connectivity index (χ4n) is 8.06. The standard InChI is InChI=1S/C36H45N3O5/c1-7-18-37(23-27-16-10-9-11-17-27)32(41)28-29-33(42)39(20-13-21-40)31(36(29)22-26(5)35(28,6)44-36)34(43)38(19-8-2)30-24(3)14-12-15-25(30)4/h7-12,14-17,26,28-29,31,40H,1-2,13,18-23H2,3-6H3/t26?,28-,29+,31?,35+,36?/m1/s1. The van der Waals surface area contributed by atoms with Gasteiger partial charge >= 0.3 is 0 Å². The Morgan fingerprint density at radius 2 is 1.70 bits per heavy atom. The van der Waals surface area contributed by atoms with Gasteiger partial charge in [0.15, 0.2) is 0 Å². The average molecular weight is 600 g/mol. The van der Waals surface area contributed by atoms with E-state index in [0.29, 0.717) is 25.9 Å². The second kappa shape index (κ2) is 12.3. The van der Waals surface area contributed by atoms with Crippen LogP contribution in [0.25, 0.3) is 0 Å². The van der Waals surface area contributed by atoms with E-state index in [9.17, 15) is 19.5 Å². The van der Waals surface area contributed by atoms with Gasteiger partial charge < -0.3 is 24.5 Å². The van der Waals surface area contributed by atoms with Gasteiger partial charge in [-0.05, 0) is 56.2 Å². The molecular weight excluding hydrogens is 554 g/mol. The van der Waals surface area contributed by atoms with E-state index >= 15 is 0 Å². The molecule has 3 fully saturated rings. The largest absolute Gasteiger partial charge is 0.396 e. The summed E-state index contributed by atoms with van der Waals surface area (Å²) >= 11 is 0. The third kappa shape index (κ3) is 4.98. The van der Waals surface area contributed by atoms with Crippen molar-refractivity contribution in [1.82, 2.24) is 9.80 Å². The van der Waals surface area contributed by atoms with Crippen molar-refractivity contribution < 1.29 is 24.2 Å². The lowest BCUT2D eigenvalue weighted by Crippen LogP contribution is -2.57. The van der Waals surface area contributed by atoms with Crippen molar-refractivity contribution in [3.63, 3.8) is 0 Å². The van der Waals surface area contributed by atoms with Crippen LogP contribution in [0, 0.1) is 31.6 Å². The molecule has 3 aliphatic heterocycles. The molecule has 6 atom stereocenters. The van der Waals surface area contributed by atoms with Crippen LogP contribution in [-0.2, 0) is 25.7 Å². The highest BCUT2D eigenvalue weighted by Gasteiger charge is 2.80. The summed E-state index contributed by atoms with van der Waals surface area (Å²) in [6.45, 7) is 16.7. The lowest BCUT2D eigenvalue weighted by Gasteiger charge is -2.39. The quantitative estimate of drug-likeness (QED) is 0.365. The van der Waals surface area contributed by atoms with Crippen molar-refractivity contribution >= 4 is 23.4 Å². The van der Waals surface area contributed by atoms with Crippen molar-refractivity contribution in [3.05, 3.63) is 90.5 Å². The highest BCUT2D eigenvalue weighted by Crippen LogP contribution is 2.65. The van der Waals surface area contributed by atoms with Crippen LogP contribution in [0.2, 0.25) is 0 Å². The minimum absolute atomic E-state index is 0.0797. The third-order valence-electron chi connectivity index (χ3n) is 10.0. The Balaban J connectivity index is 1.60. The van der Waals surface area contributed by atoms with Gasteiger partial charge in [-0.15, -0.1) is 13.2 Å². The zero-order valence-corrected chi connectivity index (χ0v) is 26.4. The summed E-state index contributed by atoms with van der Waals surface area (Å²) in [4.78, 5) is 49.0. The van der Waals surface area contributed by atoms with E-state index in [1.807, 2.05) is 69.3 Å². The van der Waals surface area contributed by atoms with Crippen molar-refractivity contribution in [2.24, 2.45) is 17.8 Å². The first-order valence-corrected chi connectivity index (χ1v) is 15.6. The van der Waals surface area contributed by atoms with Gasteiger partial charge in [0, 0.05) is 38.5 Å². The van der Waals surface area contributed by atoms with E-state index in [1.165, 1.54) is 0 Å². The summed E-state index contributed by atoms with van der Waals surface area (Å²) < 4.78 is 6.96. The van der Waals surface area contributed by atoms with Gasteiger partial charge in [-0.2, -0.15) is 0 Å². The van der Waals surface area contributed by atoms with E-state index in [4.69, 9.17) is 4.74 Å². The van der Waals surface area contributed by atoms with Crippen LogP contribution in [0.5, 0.6) is 0 Å². The third-order valence-corrected chi connectivity index (χ3v) is 10.0. The fraction of sp³-hybridized carbons (Fsp3) is 0.472. The smallest absolute Gasteiger partial charge is 0.253 e. The number of fused-ring (bicyclic) bond motifs is 1. The molecule has 0 aromatic heterocycles. The van der Waals surface area contributed by atoms with Gasteiger partial charge in [0.1, 0.15) is 11.6 Å². The first kappa shape index (κ1) is 31.7. The summed E-state index contributed by atoms with van der Waals surface area (Å²) in [6.07, 6.45) is 4.17. The van der Waals surface area contributed by atoms with Gasteiger partial charge in [0.2, 0.25) is 11.8 Å². The number of carbonyl (C=O) groups excluding carboxylic acids is 3. The van der Waals surface area contributed by atoms with Crippen molar-refractivity contribution in [3.8, 4) is 0 Å². The predicted molar refractivity (Wildman–Crippen MR) is 171 cm³/mol. The molecule has 5 rings (SSSR count). The topological polar surface area (TPSA) is 90.4 Å². The number of para-hydroxylation sites is 1. The number of aliphatic hydroxyl groups is 1. The van der Waals surface area contributed by atoms with Crippen LogP contribution in [0.1, 0.15) is 43.4 Å². The lowest BCUT2D eigenvalue weighted by molar-refractivity contribution is -0.151. The van der Waals surface area contributed by atoms with E-state index in [0.717, 1.165) is 22.4 Å². The number of hydrogen-bond acceptors (Lipinski definition) is 5. The van der Waals surface area contributed by atoms with Crippen LogP contribution in [0.15, 0.2) is 73.8 Å². The number of anilines is 1. The fourth-order valence-corrected chi connectivity index (χ4v) is 8.06. The highest BCUT2D eigenvalue weighted by molar-refractivity contribution is 6.05. The Hall–Kier alpha value is -3.75. The van der Waals surface area contributed by atoms with E-state index in [1.54, 1.807) is 26.9 Å². The minimum Gasteiger partial charge on any atom is -0.396 e. The molecule has 8 nitrogen and oxygen atoms in total. The molecule has 0 saturated carbocycles. The zero-order valence-electron chi connectivity index (χ0n) is 26.4. The van der Waals surface area contributed by atoms with E-state index < -0.39 is 29.1 Å². The van der Waals surface area contributed by atoms with Crippen molar-refractivity contribution in [2.45, 2.75) is 64.3 Å². The predicted octanol–water partition coefficient (Wildman–Crippen LogP) is 4.43. The molecule has 3 saturated heterocycles. The van der Waals surface area contributed by atoms with Crippen LogP contribution in [-0.4, -0.2) is 76.1 Å². The zero-order chi connectivity index (χ0) is 31.8. The Kier molecular flexibility index (Phi) is 8.87. The maximum atomic E-state index is 14.9. The molecule has 3 aliphatic rings. The molecule has 1 spiro atoms. The summed E-state index contributed by atoms with van der Waals surface area (Å²) in [6, 6.07) is 14.7. The molecule has 1 N–H and O–H groups in total. The first-order valence-electron chi connectivity index (χ1n) is 15.6. The number of nitrogens with zero attached hydrogens (tertiary/aromatic N) is 3. The van der Waals surface area contributed by atoms with Gasteiger partial charge in [0.25, 0.3) is 5.91 Å². The van der Waals surface area contributed by atoms with Crippen molar-refractivity contribution in [2.75, 3.05) is 31.1 Å². The molecule has 0 aliphatic carbocycles. The molecule has 3 unspecified atom stereocenters. The number of benzene rings is 2. The molecule has 2 aromatic carbocycles. The monoisotopic (exact) mass is 599 g/mol. The molecule has 3 heterocycles. The highest BCUT2D eigenvalue weighted by atomic mass is 16.5. The Bertz CT molecular complexity index is 1420. The number of amides is 3. The maximum absolute atomic E-state index is 14.9. The Morgan fingerprint density at radius 3 is 2.32 bits per heavy atom. The van der Waals surface area contributed by atoms with Crippen LogP contribution < -0.4 is 4.90 Å². The number of carbonyl (C=O) groups is 3. The molecule has 234 valence electrons. The number of aryl methyl sites for hydroxylation is 2. The van der Waals surface area contributed by atoms with E-state index in [2.05, 4.69) is 20.1 Å². The second-order valence-electron chi connectivity index (χ2n) is 12.8. The summed E-state index contributed by atoms with van der Waals surface area (Å²) in [5, 5.41) is 9.76. The first-order chi connectivity index (χ1) is 21.0. The number of likely N-dealkylation sites (tertiary alicyclic amines) is 1. The molecule has 2 aromatic rings. The average Bonchev–Trinajstić information content (AvgIpc) is 3.51. The Labute approximate surface area is 261 Å². The summed E-state index contributed by atoms with van der Waals surface area (Å²) in [5.41, 5.74) is 1.52. The number of ether oxygens (including phenoxy) is 1. The molecule has 8 heteroatoms. The van der Waals surface area contributed by atoms with Gasteiger partial charge in [-0.25, -0.2) is 0 Å². The lowest BCUT2D eigenvalue weighted by atomic mass is 9.62. The van der Waals surface area contributed by atoms with Gasteiger partial charge in [-0.1, -0.05) is 67.6 Å². The summed E-state index contributed by atoms with van der Waals surface area (Å²) in [5.74, 6) is -2.36. The van der Waals surface area contributed by atoms with Gasteiger partial charge in [-0.3, -0.25) is 14.4 Å². The maximum Gasteiger partial charge on any atom is 0.253 e.